The molecule has 3 aromatic rings. The van der Waals surface area contributed by atoms with E-state index in [9.17, 15) is 4.79 Å². The third-order valence-corrected chi connectivity index (χ3v) is 4.43. The number of allylic oxidation sites excluding steroid dienone is 1. The van der Waals surface area contributed by atoms with Crippen LogP contribution in [0.3, 0.4) is 0 Å². The highest BCUT2D eigenvalue weighted by molar-refractivity contribution is 6.19. The van der Waals surface area contributed by atoms with Crippen LogP contribution in [0.1, 0.15) is 33.9 Å². The summed E-state index contributed by atoms with van der Waals surface area (Å²) < 4.78 is 5.29. The first-order valence-electron chi connectivity index (χ1n) is 7.61. The summed E-state index contributed by atoms with van der Waals surface area (Å²) in [6.45, 7) is 1.95. The minimum atomic E-state index is 0.0770. The predicted octanol–water partition coefficient (Wildman–Crippen LogP) is 3.42. The van der Waals surface area contributed by atoms with E-state index in [0.717, 1.165) is 57.7 Å². The van der Waals surface area contributed by atoms with Gasteiger partial charge in [-0.1, -0.05) is 0 Å². The molecule has 2 N–H and O–H groups in total. The first-order valence-corrected chi connectivity index (χ1v) is 7.61. The number of aryl methyl sites for hydroxylation is 2. The van der Waals surface area contributed by atoms with Crippen LogP contribution in [0.5, 0.6) is 5.75 Å². The van der Waals surface area contributed by atoms with Gasteiger partial charge in [0.1, 0.15) is 5.75 Å². The Kier molecular flexibility index (Phi) is 3.08. The van der Waals surface area contributed by atoms with Crippen LogP contribution in [0.4, 0.5) is 0 Å². The largest absolute Gasteiger partial charge is 0.497 e. The molecule has 5 heteroatoms. The highest BCUT2D eigenvalue weighted by atomic mass is 16.5. The van der Waals surface area contributed by atoms with Crippen LogP contribution in [-0.4, -0.2) is 27.8 Å². The van der Waals surface area contributed by atoms with Gasteiger partial charge in [-0.3, -0.25) is 4.79 Å². The molecule has 0 saturated carbocycles. The van der Waals surface area contributed by atoms with E-state index in [1.54, 1.807) is 13.4 Å². The number of methoxy groups -OCH3 is 1. The van der Waals surface area contributed by atoms with Crippen LogP contribution in [0, 0.1) is 6.92 Å². The second kappa shape index (κ2) is 5.12. The normalized spacial score (nSPS) is 16.1. The Morgan fingerprint density at radius 2 is 2.17 bits per heavy atom. The van der Waals surface area contributed by atoms with Gasteiger partial charge < -0.3 is 14.7 Å². The molecule has 23 heavy (non-hydrogen) atoms. The van der Waals surface area contributed by atoms with Gasteiger partial charge >= 0.3 is 0 Å². The number of ether oxygens (including phenoxy) is 1. The molecule has 0 atom stereocenters. The van der Waals surface area contributed by atoms with Gasteiger partial charge in [-0.25, -0.2) is 4.98 Å². The first kappa shape index (κ1) is 13.8. The van der Waals surface area contributed by atoms with Gasteiger partial charge in [0, 0.05) is 27.9 Å². The third kappa shape index (κ3) is 2.16. The molecule has 0 bridgehead atoms. The number of fused-ring (bicyclic) bond motifs is 3. The van der Waals surface area contributed by atoms with Crippen LogP contribution in [0.25, 0.3) is 17.0 Å². The maximum absolute atomic E-state index is 13.0. The second-order valence-electron chi connectivity index (χ2n) is 5.80. The summed E-state index contributed by atoms with van der Waals surface area (Å²) in [4.78, 5) is 23.6. The summed E-state index contributed by atoms with van der Waals surface area (Å²) >= 11 is 0. The Hall–Kier alpha value is -2.82. The smallest absolute Gasteiger partial charge is 0.191 e. The van der Waals surface area contributed by atoms with Gasteiger partial charge in [0.2, 0.25) is 0 Å². The molecule has 5 nitrogen and oxygen atoms in total. The number of imidazole rings is 1. The summed E-state index contributed by atoms with van der Waals surface area (Å²) in [5.74, 6) is 0.833. The third-order valence-electron chi connectivity index (χ3n) is 4.43. The van der Waals surface area contributed by atoms with E-state index in [0.29, 0.717) is 0 Å². The van der Waals surface area contributed by atoms with E-state index in [4.69, 9.17) is 4.74 Å². The average Bonchev–Trinajstić information content (AvgIpc) is 3.13. The van der Waals surface area contributed by atoms with Gasteiger partial charge in [0.25, 0.3) is 0 Å². The van der Waals surface area contributed by atoms with Crippen molar-refractivity contribution in [2.24, 2.45) is 0 Å². The summed E-state index contributed by atoms with van der Waals surface area (Å²) in [6, 6.07) is 5.78. The van der Waals surface area contributed by atoms with Gasteiger partial charge in [-0.2, -0.15) is 0 Å². The van der Waals surface area contributed by atoms with Crippen molar-refractivity contribution in [1.82, 2.24) is 15.0 Å². The van der Waals surface area contributed by atoms with Crippen LogP contribution < -0.4 is 4.74 Å². The summed E-state index contributed by atoms with van der Waals surface area (Å²) in [5, 5.41) is 0.925. The second-order valence-corrected chi connectivity index (χ2v) is 5.80. The van der Waals surface area contributed by atoms with Crippen LogP contribution in [0.2, 0.25) is 0 Å². The number of hydrogen-bond donors (Lipinski definition) is 2. The lowest BCUT2D eigenvalue weighted by Gasteiger charge is -2.14. The zero-order valence-electron chi connectivity index (χ0n) is 13.1. The molecular formula is C18H17N3O2. The van der Waals surface area contributed by atoms with E-state index >= 15 is 0 Å². The molecule has 2 aromatic heterocycles. The fourth-order valence-electron chi connectivity index (χ4n) is 3.15. The maximum Gasteiger partial charge on any atom is 0.191 e. The number of carbonyl (C=O) groups excluding carboxylic acids is 1. The molecule has 1 aliphatic rings. The van der Waals surface area contributed by atoms with Gasteiger partial charge in [-0.05, 0) is 44.0 Å². The SMILES string of the molecule is COc1ccc2[nH]c3c(c2c1)C(=O)/C(=C/c1nc[nH]c1C)CC3. The monoisotopic (exact) mass is 307 g/mol. The minimum absolute atomic E-state index is 0.0770. The molecule has 0 radical (unpaired) electrons. The molecule has 1 aliphatic carbocycles. The summed E-state index contributed by atoms with van der Waals surface area (Å²) in [5.41, 5.74) is 5.35. The Balaban J connectivity index is 1.84. The molecule has 116 valence electrons. The number of aromatic amines is 2. The van der Waals surface area contributed by atoms with E-state index in [2.05, 4.69) is 15.0 Å². The lowest BCUT2D eigenvalue weighted by atomic mass is 9.89. The summed E-state index contributed by atoms with van der Waals surface area (Å²) in [7, 11) is 1.63. The van der Waals surface area contributed by atoms with Crippen molar-refractivity contribution in [3.63, 3.8) is 0 Å². The standard InChI is InChI=1S/C18H17N3O2/c1-10-16(20-9-19-10)7-11-3-5-15-17(18(11)22)13-8-12(23-2)4-6-14(13)21-15/h4,6-9,21H,3,5H2,1-2H3,(H,19,20)/b11-7+. The molecule has 0 fully saturated rings. The average molecular weight is 307 g/mol. The van der Waals surface area contributed by atoms with E-state index in [1.165, 1.54) is 0 Å². The number of aromatic nitrogens is 3. The lowest BCUT2D eigenvalue weighted by molar-refractivity contribution is 0.102. The van der Waals surface area contributed by atoms with Gasteiger partial charge in [0.15, 0.2) is 5.78 Å². The molecule has 1 aromatic carbocycles. The van der Waals surface area contributed by atoms with Crippen LogP contribution in [0.15, 0.2) is 30.1 Å². The zero-order chi connectivity index (χ0) is 16.0. The topological polar surface area (TPSA) is 70.8 Å². The van der Waals surface area contributed by atoms with E-state index < -0.39 is 0 Å². The van der Waals surface area contributed by atoms with Crippen molar-refractivity contribution in [3.8, 4) is 5.75 Å². The molecule has 0 unspecified atom stereocenters. The number of nitrogens with zero attached hydrogens (tertiary/aromatic N) is 1. The Labute approximate surface area is 133 Å². The number of Topliss-reactive ketones (excluding diaryl/α,β-unsaturated/α-hetero) is 1. The first-order chi connectivity index (χ1) is 11.2. The number of carbonyl (C=O) groups is 1. The lowest BCUT2D eigenvalue weighted by Crippen LogP contribution is -2.13. The molecule has 4 rings (SSSR count). The van der Waals surface area contributed by atoms with Crippen molar-refractivity contribution in [3.05, 3.63) is 52.7 Å². The molecule has 0 saturated heterocycles. The number of hydrogen-bond acceptors (Lipinski definition) is 3. The highest BCUT2D eigenvalue weighted by Crippen LogP contribution is 2.34. The predicted molar refractivity (Wildman–Crippen MR) is 88.8 cm³/mol. The van der Waals surface area contributed by atoms with Crippen molar-refractivity contribution in [1.29, 1.82) is 0 Å². The fraction of sp³-hybridized carbons (Fsp3) is 0.222. The van der Waals surface area contributed by atoms with Crippen LogP contribution >= 0.6 is 0 Å². The van der Waals surface area contributed by atoms with E-state index in [-0.39, 0.29) is 5.78 Å². The Morgan fingerprint density at radius 1 is 1.30 bits per heavy atom. The van der Waals surface area contributed by atoms with Gasteiger partial charge in [-0.15, -0.1) is 0 Å². The number of benzene rings is 1. The number of rotatable bonds is 2. The Bertz CT molecular complexity index is 946. The van der Waals surface area contributed by atoms with E-state index in [1.807, 2.05) is 31.2 Å². The molecule has 0 amide bonds. The number of ketones is 1. The zero-order valence-corrected chi connectivity index (χ0v) is 13.1. The van der Waals surface area contributed by atoms with Crippen molar-refractivity contribution in [2.75, 3.05) is 7.11 Å². The van der Waals surface area contributed by atoms with Crippen molar-refractivity contribution >= 4 is 22.8 Å². The maximum atomic E-state index is 13.0. The molecule has 0 aliphatic heterocycles. The van der Waals surface area contributed by atoms with Gasteiger partial charge in [0.05, 0.1) is 24.7 Å². The number of nitrogens with one attached hydrogen (secondary N) is 2. The summed E-state index contributed by atoms with van der Waals surface area (Å²) in [6.07, 6.45) is 5.10. The highest BCUT2D eigenvalue weighted by Gasteiger charge is 2.26. The molecule has 2 heterocycles. The van der Waals surface area contributed by atoms with Crippen molar-refractivity contribution in [2.45, 2.75) is 19.8 Å². The number of H-pyrrole nitrogens is 2. The molecular weight excluding hydrogens is 290 g/mol. The Morgan fingerprint density at radius 3 is 2.91 bits per heavy atom. The quantitative estimate of drug-likeness (QED) is 0.713. The van der Waals surface area contributed by atoms with Crippen LogP contribution in [-0.2, 0) is 6.42 Å². The molecule has 0 spiro atoms. The van der Waals surface area contributed by atoms with Crippen molar-refractivity contribution < 1.29 is 9.53 Å². The minimum Gasteiger partial charge on any atom is -0.497 e. The fourth-order valence-corrected chi connectivity index (χ4v) is 3.15.